The molecule has 0 atom stereocenters. The van der Waals surface area contributed by atoms with Gasteiger partial charge < -0.3 is 5.32 Å². The van der Waals surface area contributed by atoms with Crippen molar-refractivity contribution in [2.24, 2.45) is 0 Å². The molecule has 0 saturated heterocycles. The number of aromatic nitrogens is 2. The maximum absolute atomic E-state index is 13.0. The van der Waals surface area contributed by atoms with Crippen molar-refractivity contribution in [3.63, 3.8) is 0 Å². The molecule has 0 saturated carbocycles. The summed E-state index contributed by atoms with van der Waals surface area (Å²) in [5.41, 5.74) is 1.40. The Morgan fingerprint density at radius 2 is 1.82 bits per heavy atom. The largest absolute Gasteiger partial charge is 0.324 e. The normalized spacial score (nSPS) is 10.5. The highest BCUT2D eigenvalue weighted by Crippen LogP contribution is 2.24. The Labute approximate surface area is 130 Å². The highest BCUT2D eigenvalue weighted by atomic mass is 35.5. The zero-order valence-electron chi connectivity index (χ0n) is 11.3. The molecule has 3 aromatic rings. The van der Waals surface area contributed by atoms with E-state index < -0.39 is 0 Å². The van der Waals surface area contributed by atoms with Gasteiger partial charge in [-0.25, -0.2) is 9.37 Å². The Bertz CT molecular complexity index is 862. The number of benzene rings is 2. The molecule has 110 valence electrons. The molecule has 0 aliphatic rings. The molecule has 0 amide bonds. The summed E-state index contributed by atoms with van der Waals surface area (Å²) in [6, 6.07) is 14.2. The van der Waals surface area contributed by atoms with Gasteiger partial charge in [0.15, 0.2) is 0 Å². The highest BCUT2D eigenvalue weighted by Gasteiger charge is 2.06. The van der Waals surface area contributed by atoms with Gasteiger partial charge in [0.25, 0.3) is 5.56 Å². The summed E-state index contributed by atoms with van der Waals surface area (Å²) in [4.78, 5) is 18.7. The molecule has 2 N–H and O–H groups in total. The summed E-state index contributed by atoms with van der Waals surface area (Å²) < 4.78 is 13.0. The quantitative estimate of drug-likeness (QED) is 0.769. The van der Waals surface area contributed by atoms with Crippen LogP contribution in [0.2, 0.25) is 5.02 Å². The van der Waals surface area contributed by atoms with Crippen molar-refractivity contribution in [1.29, 1.82) is 0 Å². The van der Waals surface area contributed by atoms with Crippen LogP contribution in [-0.4, -0.2) is 9.97 Å². The first kappa shape index (κ1) is 14.3. The zero-order chi connectivity index (χ0) is 15.5. The Morgan fingerprint density at radius 1 is 1.09 bits per heavy atom. The number of nitrogens with one attached hydrogen (secondary N) is 2. The molecule has 3 rings (SSSR count). The Hall–Kier alpha value is -2.66. The lowest BCUT2D eigenvalue weighted by Crippen LogP contribution is -2.10. The number of aromatic amines is 1. The molecular formula is C16H11ClFN3O. The van der Waals surface area contributed by atoms with E-state index in [0.29, 0.717) is 22.0 Å². The standard InChI is InChI=1S/C16H11ClFN3O/c17-12-3-1-2-4-13(12)19-16-20-14(9-15(22)21-16)10-5-7-11(18)8-6-10/h1-9H,(H2,19,20,21,22). The van der Waals surface area contributed by atoms with Gasteiger partial charge in [-0.1, -0.05) is 23.7 Å². The van der Waals surface area contributed by atoms with Gasteiger partial charge in [-0.05, 0) is 36.4 Å². The number of halogens is 2. The second-order valence-electron chi connectivity index (χ2n) is 4.59. The van der Waals surface area contributed by atoms with E-state index in [0.717, 1.165) is 0 Å². The van der Waals surface area contributed by atoms with Crippen LogP contribution >= 0.6 is 11.6 Å². The van der Waals surface area contributed by atoms with Crippen molar-refractivity contribution in [1.82, 2.24) is 9.97 Å². The van der Waals surface area contributed by atoms with Gasteiger partial charge in [0.05, 0.1) is 16.4 Å². The summed E-state index contributed by atoms with van der Waals surface area (Å²) >= 11 is 6.06. The van der Waals surface area contributed by atoms with E-state index in [9.17, 15) is 9.18 Å². The fourth-order valence-corrected chi connectivity index (χ4v) is 2.16. The number of nitrogens with zero attached hydrogens (tertiary/aromatic N) is 1. The molecule has 0 aliphatic carbocycles. The van der Waals surface area contributed by atoms with Crippen LogP contribution < -0.4 is 10.9 Å². The molecule has 1 aromatic heterocycles. The van der Waals surface area contributed by atoms with Crippen LogP contribution in [0.5, 0.6) is 0 Å². The Balaban J connectivity index is 1.98. The predicted molar refractivity (Wildman–Crippen MR) is 85.0 cm³/mol. The summed E-state index contributed by atoms with van der Waals surface area (Å²) in [6.45, 7) is 0. The summed E-state index contributed by atoms with van der Waals surface area (Å²) in [7, 11) is 0. The topological polar surface area (TPSA) is 57.8 Å². The van der Waals surface area contributed by atoms with Gasteiger partial charge >= 0.3 is 0 Å². The predicted octanol–water partition coefficient (Wildman–Crippen LogP) is 3.97. The first-order valence-corrected chi connectivity index (χ1v) is 6.88. The third-order valence-electron chi connectivity index (χ3n) is 3.01. The smallest absolute Gasteiger partial charge is 0.252 e. The zero-order valence-corrected chi connectivity index (χ0v) is 12.1. The molecule has 0 unspecified atom stereocenters. The van der Waals surface area contributed by atoms with Crippen LogP contribution in [0.25, 0.3) is 11.3 Å². The van der Waals surface area contributed by atoms with Crippen molar-refractivity contribution in [2.75, 3.05) is 5.32 Å². The summed E-state index contributed by atoms with van der Waals surface area (Å²) in [6.07, 6.45) is 0. The van der Waals surface area contributed by atoms with Crippen molar-refractivity contribution < 1.29 is 4.39 Å². The van der Waals surface area contributed by atoms with E-state index in [2.05, 4.69) is 15.3 Å². The molecule has 0 spiro atoms. The highest BCUT2D eigenvalue weighted by molar-refractivity contribution is 6.33. The lowest BCUT2D eigenvalue weighted by Gasteiger charge is -2.08. The molecule has 22 heavy (non-hydrogen) atoms. The second kappa shape index (κ2) is 5.99. The van der Waals surface area contributed by atoms with Crippen LogP contribution in [-0.2, 0) is 0 Å². The fraction of sp³-hybridized carbons (Fsp3) is 0. The van der Waals surface area contributed by atoms with Crippen molar-refractivity contribution in [2.45, 2.75) is 0 Å². The lowest BCUT2D eigenvalue weighted by atomic mass is 10.1. The minimum Gasteiger partial charge on any atom is -0.324 e. The fourth-order valence-electron chi connectivity index (χ4n) is 1.98. The minimum absolute atomic E-state index is 0.264. The van der Waals surface area contributed by atoms with Crippen molar-refractivity contribution >= 4 is 23.2 Å². The first-order chi connectivity index (χ1) is 10.6. The maximum atomic E-state index is 13.0. The molecule has 6 heteroatoms. The van der Waals surface area contributed by atoms with Gasteiger partial charge in [0.1, 0.15) is 5.82 Å². The van der Waals surface area contributed by atoms with Gasteiger partial charge in [-0.3, -0.25) is 9.78 Å². The van der Waals surface area contributed by atoms with Crippen LogP contribution in [0.15, 0.2) is 59.4 Å². The Kier molecular flexibility index (Phi) is 3.89. The van der Waals surface area contributed by atoms with Gasteiger partial charge in [0.2, 0.25) is 5.95 Å². The molecule has 0 bridgehead atoms. The van der Waals surface area contributed by atoms with E-state index >= 15 is 0 Å². The van der Waals surface area contributed by atoms with Crippen LogP contribution in [0.4, 0.5) is 16.0 Å². The third kappa shape index (κ3) is 3.15. The van der Waals surface area contributed by atoms with Gasteiger partial charge in [-0.2, -0.15) is 0 Å². The molecule has 1 heterocycles. The molecular weight excluding hydrogens is 305 g/mol. The number of H-pyrrole nitrogens is 1. The number of anilines is 2. The van der Waals surface area contributed by atoms with Crippen LogP contribution in [0.3, 0.4) is 0 Å². The van der Waals surface area contributed by atoms with Gasteiger partial charge in [-0.15, -0.1) is 0 Å². The molecule has 0 fully saturated rings. The molecule has 2 aromatic carbocycles. The monoisotopic (exact) mass is 315 g/mol. The molecule has 0 radical (unpaired) electrons. The van der Waals surface area contributed by atoms with Crippen molar-refractivity contribution in [3.8, 4) is 11.3 Å². The summed E-state index contributed by atoms with van der Waals surface area (Å²) in [5, 5.41) is 3.47. The summed E-state index contributed by atoms with van der Waals surface area (Å²) in [5.74, 6) is -0.0806. The maximum Gasteiger partial charge on any atom is 0.252 e. The van der Waals surface area contributed by atoms with Gasteiger partial charge in [0, 0.05) is 11.6 Å². The number of hydrogen-bond acceptors (Lipinski definition) is 3. The average Bonchev–Trinajstić information content (AvgIpc) is 2.50. The second-order valence-corrected chi connectivity index (χ2v) is 5.00. The number of hydrogen-bond donors (Lipinski definition) is 2. The molecule has 0 aliphatic heterocycles. The van der Waals surface area contributed by atoms with E-state index in [1.54, 1.807) is 30.3 Å². The van der Waals surface area contributed by atoms with E-state index in [1.807, 2.05) is 6.07 Å². The molecule has 4 nitrogen and oxygen atoms in total. The minimum atomic E-state index is -0.344. The van der Waals surface area contributed by atoms with Crippen molar-refractivity contribution in [3.05, 3.63) is 75.8 Å². The average molecular weight is 316 g/mol. The Morgan fingerprint density at radius 3 is 2.55 bits per heavy atom. The first-order valence-electron chi connectivity index (χ1n) is 6.51. The van der Waals surface area contributed by atoms with E-state index in [1.165, 1.54) is 18.2 Å². The number of para-hydroxylation sites is 1. The van der Waals surface area contributed by atoms with E-state index in [4.69, 9.17) is 11.6 Å². The van der Waals surface area contributed by atoms with E-state index in [-0.39, 0.29) is 17.3 Å². The van der Waals surface area contributed by atoms with Crippen LogP contribution in [0, 0.1) is 5.82 Å². The lowest BCUT2D eigenvalue weighted by molar-refractivity contribution is 0.628. The SMILES string of the molecule is O=c1cc(-c2ccc(F)cc2)nc(Nc2ccccc2Cl)[nH]1. The third-order valence-corrected chi connectivity index (χ3v) is 3.34. The number of rotatable bonds is 3. The van der Waals surface area contributed by atoms with Crippen LogP contribution in [0.1, 0.15) is 0 Å².